The van der Waals surface area contributed by atoms with Crippen molar-refractivity contribution in [3.05, 3.63) is 71.8 Å². The van der Waals surface area contributed by atoms with E-state index in [0.717, 1.165) is 30.3 Å². The topological polar surface area (TPSA) is 17.1 Å². The Morgan fingerprint density at radius 3 is 2.88 bits per heavy atom. The van der Waals surface area contributed by atoms with Crippen LogP contribution >= 0.6 is 0 Å². The van der Waals surface area contributed by atoms with Crippen molar-refractivity contribution in [2.24, 2.45) is 0 Å². The zero-order valence-electron chi connectivity index (χ0n) is 10.2. The minimum Gasteiger partial charge on any atom is -0.298 e. The first-order valence-corrected chi connectivity index (χ1v) is 5.77. The molecule has 0 heterocycles. The highest BCUT2D eigenvalue weighted by Gasteiger charge is 1.96. The molecule has 0 N–H and O–H groups in total. The SMILES string of the molecule is C=C(/C=C\C=C/C)CCc1cccc(C=O)c1. The fourth-order valence-electron chi connectivity index (χ4n) is 1.51. The highest BCUT2D eigenvalue weighted by Crippen LogP contribution is 2.10. The average Bonchev–Trinajstić information content (AvgIpc) is 2.37. The quantitative estimate of drug-likeness (QED) is 0.526. The number of aldehydes is 1. The van der Waals surface area contributed by atoms with Crippen molar-refractivity contribution < 1.29 is 4.79 Å². The van der Waals surface area contributed by atoms with Gasteiger partial charge >= 0.3 is 0 Å². The molecule has 0 aliphatic heterocycles. The Bertz CT molecular complexity index is 439. The summed E-state index contributed by atoms with van der Waals surface area (Å²) in [5.41, 5.74) is 3.01. The van der Waals surface area contributed by atoms with Crippen LogP contribution in [0.3, 0.4) is 0 Å². The van der Waals surface area contributed by atoms with Crippen LogP contribution in [0.5, 0.6) is 0 Å². The number of hydrogen-bond acceptors (Lipinski definition) is 1. The van der Waals surface area contributed by atoms with Crippen molar-refractivity contribution >= 4 is 6.29 Å². The fraction of sp³-hybridized carbons (Fsp3) is 0.188. The highest BCUT2D eigenvalue weighted by molar-refractivity contribution is 5.74. The molecular formula is C16H18O. The number of carbonyl (C=O) groups excluding carboxylic acids is 1. The lowest BCUT2D eigenvalue weighted by Crippen LogP contribution is -1.88. The third-order valence-corrected chi connectivity index (χ3v) is 2.46. The van der Waals surface area contributed by atoms with E-state index in [1.165, 1.54) is 5.56 Å². The van der Waals surface area contributed by atoms with E-state index in [9.17, 15) is 4.79 Å². The molecule has 1 aromatic rings. The monoisotopic (exact) mass is 226 g/mol. The van der Waals surface area contributed by atoms with Crippen molar-refractivity contribution in [2.45, 2.75) is 19.8 Å². The van der Waals surface area contributed by atoms with Crippen LogP contribution in [0.1, 0.15) is 29.3 Å². The molecule has 0 bridgehead atoms. The smallest absolute Gasteiger partial charge is 0.150 e. The first kappa shape index (κ1) is 13.2. The van der Waals surface area contributed by atoms with Gasteiger partial charge in [-0.25, -0.2) is 0 Å². The van der Waals surface area contributed by atoms with E-state index in [-0.39, 0.29) is 0 Å². The maximum absolute atomic E-state index is 10.6. The highest BCUT2D eigenvalue weighted by atomic mass is 16.1. The zero-order valence-corrected chi connectivity index (χ0v) is 10.2. The van der Waals surface area contributed by atoms with E-state index >= 15 is 0 Å². The van der Waals surface area contributed by atoms with E-state index < -0.39 is 0 Å². The Labute approximate surface area is 103 Å². The molecule has 0 fully saturated rings. The molecule has 1 rings (SSSR count). The molecule has 1 heteroatoms. The average molecular weight is 226 g/mol. The van der Waals surface area contributed by atoms with Gasteiger partial charge in [-0.15, -0.1) is 0 Å². The Balaban J connectivity index is 2.49. The fourth-order valence-corrected chi connectivity index (χ4v) is 1.51. The van der Waals surface area contributed by atoms with E-state index in [1.54, 1.807) is 0 Å². The van der Waals surface area contributed by atoms with Crippen LogP contribution in [-0.4, -0.2) is 6.29 Å². The van der Waals surface area contributed by atoms with Gasteiger partial charge in [0.2, 0.25) is 0 Å². The van der Waals surface area contributed by atoms with Crippen LogP contribution in [0.25, 0.3) is 0 Å². The predicted octanol–water partition coefficient (Wildman–Crippen LogP) is 4.12. The Hall–Kier alpha value is -1.89. The Morgan fingerprint density at radius 1 is 1.35 bits per heavy atom. The third kappa shape index (κ3) is 5.12. The summed E-state index contributed by atoms with van der Waals surface area (Å²) >= 11 is 0. The number of carbonyl (C=O) groups is 1. The van der Waals surface area contributed by atoms with E-state index in [2.05, 4.69) is 6.58 Å². The number of allylic oxidation sites excluding steroid dienone is 5. The summed E-state index contributed by atoms with van der Waals surface area (Å²) in [5, 5.41) is 0. The summed E-state index contributed by atoms with van der Waals surface area (Å²) in [6, 6.07) is 7.70. The van der Waals surface area contributed by atoms with Crippen LogP contribution in [-0.2, 0) is 6.42 Å². The van der Waals surface area contributed by atoms with Gasteiger partial charge in [0.25, 0.3) is 0 Å². The van der Waals surface area contributed by atoms with Gasteiger partial charge < -0.3 is 0 Å². The van der Waals surface area contributed by atoms with Crippen molar-refractivity contribution in [2.75, 3.05) is 0 Å². The molecule has 0 aliphatic rings. The molecule has 0 radical (unpaired) electrons. The first-order chi connectivity index (χ1) is 8.26. The summed E-state index contributed by atoms with van der Waals surface area (Å²) in [4.78, 5) is 10.6. The molecule has 1 nitrogen and oxygen atoms in total. The summed E-state index contributed by atoms with van der Waals surface area (Å²) in [7, 11) is 0. The van der Waals surface area contributed by atoms with Gasteiger partial charge in [-0.2, -0.15) is 0 Å². The largest absolute Gasteiger partial charge is 0.298 e. The van der Waals surface area contributed by atoms with Crippen LogP contribution < -0.4 is 0 Å². The molecule has 0 unspecified atom stereocenters. The second-order valence-electron chi connectivity index (χ2n) is 3.91. The predicted molar refractivity (Wildman–Crippen MR) is 73.2 cm³/mol. The minimum atomic E-state index is 0.734. The van der Waals surface area contributed by atoms with Crippen LogP contribution in [0.4, 0.5) is 0 Å². The first-order valence-electron chi connectivity index (χ1n) is 5.77. The van der Waals surface area contributed by atoms with Gasteiger partial charge in [0.15, 0.2) is 0 Å². The molecule has 0 saturated carbocycles. The Morgan fingerprint density at radius 2 is 2.18 bits per heavy atom. The van der Waals surface area contributed by atoms with Gasteiger partial charge in [-0.1, -0.05) is 54.7 Å². The summed E-state index contributed by atoms with van der Waals surface area (Å²) < 4.78 is 0. The number of rotatable bonds is 6. The molecule has 0 aliphatic carbocycles. The summed E-state index contributed by atoms with van der Waals surface area (Å²) in [6.07, 6.45) is 10.7. The number of aryl methyl sites for hydroxylation is 1. The van der Waals surface area contributed by atoms with E-state index in [4.69, 9.17) is 0 Å². The summed E-state index contributed by atoms with van der Waals surface area (Å²) in [6.45, 7) is 5.98. The molecular weight excluding hydrogens is 208 g/mol. The lowest BCUT2D eigenvalue weighted by molar-refractivity contribution is 0.112. The maximum atomic E-state index is 10.6. The van der Waals surface area contributed by atoms with Crippen LogP contribution in [0.15, 0.2) is 60.7 Å². The van der Waals surface area contributed by atoms with Gasteiger partial charge in [0.05, 0.1) is 0 Å². The second-order valence-corrected chi connectivity index (χ2v) is 3.91. The number of hydrogen-bond donors (Lipinski definition) is 0. The summed E-state index contributed by atoms with van der Waals surface area (Å²) in [5.74, 6) is 0. The van der Waals surface area contributed by atoms with Crippen molar-refractivity contribution in [3.8, 4) is 0 Å². The lowest BCUT2D eigenvalue weighted by Gasteiger charge is -2.02. The van der Waals surface area contributed by atoms with Crippen molar-refractivity contribution in [1.29, 1.82) is 0 Å². The minimum absolute atomic E-state index is 0.734. The lowest BCUT2D eigenvalue weighted by atomic mass is 10.0. The standard InChI is InChI=1S/C16H18O/c1-3-4-5-7-14(2)10-11-15-8-6-9-16(12-15)13-17/h3-9,12-13H,2,10-11H2,1H3/b4-3-,7-5-. The molecule has 17 heavy (non-hydrogen) atoms. The van der Waals surface area contributed by atoms with Crippen molar-refractivity contribution in [1.82, 2.24) is 0 Å². The van der Waals surface area contributed by atoms with Crippen molar-refractivity contribution in [3.63, 3.8) is 0 Å². The van der Waals surface area contributed by atoms with E-state index in [1.807, 2.05) is 55.5 Å². The molecule has 1 aromatic carbocycles. The van der Waals surface area contributed by atoms with Gasteiger partial charge in [-0.05, 0) is 31.4 Å². The van der Waals surface area contributed by atoms with Crippen LogP contribution in [0, 0.1) is 0 Å². The molecule has 0 amide bonds. The second kappa shape index (κ2) is 7.39. The Kier molecular flexibility index (Phi) is 5.73. The maximum Gasteiger partial charge on any atom is 0.150 e. The van der Waals surface area contributed by atoms with Crippen LogP contribution in [0.2, 0.25) is 0 Å². The molecule has 0 aromatic heterocycles. The zero-order chi connectivity index (χ0) is 12.5. The normalized spacial score (nSPS) is 11.1. The molecule has 0 atom stereocenters. The number of benzene rings is 1. The molecule has 0 spiro atoms. The molecule has 88 valence electrons. The third-order valence-electron chi connectivity index (χ3n) is 2.46. The molecule has 0 saturated heterocycles. The van der Waals surface area contributed by atoms with Gasteiger partial charge in [0.1, 0.15) is 6.29 Å². The van der Waals surface area contributed by atoms with Gasteiger partial charge in [-0.3, -0.25) is 4.79 Å². The van der Waals surface area contributed by atoms with E-state index in [0.29, 0.717) is 0 Å². The van der Waals surface area contributed by atoms with Gasteiger partial charge in [0, 0.05) is 5.56 Å².